The summed E-state index contributed by atoms with van der Waals surface area (Å²) in [5, 5.41) is 3.72. The van der Waals surface area contributed by atoms with Crippen molar-refractivity contribution >= 4 is 17.0 Å². The van der Waals surface area contributed by atoms with Gasteiger partial charge in [-0.15, -0.1) is 0 Å². The highest BCUT2D eigenvalue weighted by atomic mass is 19.1. The Kier molecular flexibility index (Phi) is 5.67. The smallest absolute Gasteiger partial charge is 0.204 e. The Hall–Kier alpha value is -3.38. The Bertz CT molecular complexity index is 1290. The third-order valence-electron chi connectivity index (χ3n) is 6.99. The number of benzene rings is 3. The van der Waals surface area contributed by atoms with Crippen LogP contribution in [0.4, 0.5) is 10.3 Å². The Balaban J connectivity index is 1.13. The van der Waals surface area contributed by atoms with E-state index in [1.807, 2.05) is 30.3 Å². The third kappa shape index (κ3) is 4.38. The lowest BCUT2D eigenvalue weighted by Crippen LogP contribution is -2.39. The number of fused-ring (bicyclic) bond motifs is 2. The van der Waals surface area contributed by atoms with Crippen LogP contribution in [-0.4, -0.2) is 40.2 Å². The van der Waals surface area contributed by atoms with Gasteiger partial charge in [0, 0.05) is 32.1 Å². The molecule has 174 valence electrons. The molecule has 4 aromatic rings. The normalized spacial score (nSPS) is 16.5. The highest BCUT2D eigenvalue weighted by Gasteiger charge is 2.22. The summed E-state index contributed by atoms with van der Waals surface area (Å²) >= 11 is 0. The molecule has 0 aliphatic carbocycles. The fraction of sp³-hybridized carbons (Fsp3) is 0.321. The lowest BCUT2D eigenvalue weighted by Gasteiger charge is -2.32. The molecule has 0 unspecified atom stereocenters. The molecule has 0 amide bonds. The van der Waals surface area contributed by atoms with Crippen LogP contribution in [-0.2, 0) is 19.5 Å². The van der Waals surface area contributed by atoms with Gasteiger partial charge >= 0.3 is 0 Å². The van der Waals surface area contributed by atoms with E-state index in [-0.39, 0.29) is 5.82 Å². The summed E-state index contributed by atoms with van der Waals surface area (Å²) in [7, 11) is 0. The predicted molar refractivity (Wildman–Crippen MR) is 133 cm³/mol. The number of rotatable bonds is 6. The van der Waals surface area contributed by atoms with E-state index < -0.39 is 0 Å². The number of piperidine rings is 1. The average Bonchev–Trinajstić information content (AvgIpc) is 3.46. The van der Waals surface area contributed by atoms with Crippen LogP contribution in [0.15, 0.2) is 66.7 Å². The van der Waals surface area contributed by atoms with Gasteiger partial charge < -0.3 is 14.6 Å². The topological polar surface area (TPSA) is 42.3 Å². The zero-order valence-corrected chi connectivity index (χ0v) is 19.2. The maximum absolute atomic E-state index is 13.4. The van der Waals surface area contributed by atoms with Gasteiger partial charge in [0.15, 0.2) is 0 Å². The molecule has 1 saturated heterocycles. The summed E-state index contributed by atoms with van der Waals surface area (Å²) in [4.78, 5) is 7.43. The van der Waals surface area contributed by atoms with E-state index in [9.17, 15) is 4.39 Å². The van der Waals surface area contributed by atoms with Crippen LogP contribution in [0.3, 0.4) is 0 Å². The number of aromatic nitrogens is 2. The van der Waals surface area contributed by atoms with Crippen LogP contribution in [0, 0.1) is 5.82 Å². The van der Waals surface area contributed by atoms with Crippen molar-refractivity contribution in [3.05, 3.63) is 89.2 Å². The van der Waals surface area contributed by atoms with Crippen molar-refractivity contribution in [3.63, 3.8) is 0 Å². The molecule has 1 N–H and O–H groups in total. The number of likely N-dealkylation sites (tertiary alicyclic amines) is 1. The van der Waals surface area contributed by atoms with E-state index in [2.05, 4.69) is 39.0 Å². The summed E-state index contributed by atoms with van der Waals surface area (Å²) in [5.74, 6) is 1.73. The number of para-hydroxylation sites is 2. The minimum absolute atomic E-state index is 0.211. The molecule has 0 spiro atoms. The van der Waals surface area contributed by atoms with Crippen molar-refractivity contribution < 1.29 is 9.13 Å². The molecular formula is C28H29FN4O. The summed E-state index contributed by atoms with van der Waals surface area (Å²) in [6.07, 6.45) is 3.18. The zero-order chi connectivity index (χ0) is 22.9. The quantitative estimate of drug-likeness (QED) is 0.431. The Labute approximate surface area is 199 Å². The first-order valence-electron chi connectivity index (χ1n) is 12.1. The Morgan fingerprint density at radius 2 is 1.74 bits per heavy atom. The molecule has 5 nitrogen and oxygen atoms in total. The Morgan fingerprint density at radius 3 is 2.59 bits per heavy atom. The maximum Gasteiger partial charge on any atom is 0.204 e. The van der Waals surface area contributed by atoms with Gasteiger partial charge in [0.05, 0.1) is 24.2 Å². The fourth-order valence-corrected chi connectivity index (χ4v) is 5.13. The van der Waals surface area contributed by atoms with Crippen molar-refractivity contribution in [3.8, 4) is 5.75 Å². The Morgan fingerprint density at radius 1 is 0.941 bits per heavy atom. The van der Waals surface area contributed by atoms with Gasteiger partial charge in [-0.1, -0.05) is 36.4 Å². The average molecular weight is 457 g/mol. The van der Waals surface area contributed by atoms with Crippen LogP contribution in [0.1, 0.15) is 29.5 Å². The van der Waals surface area contributed by atoms with Gasteiger partial charge in [-0.05, 0) is 59.9 Å². The SMILES string of the molecule is Fc1ccc(Cn2c(NC3CCN(Cc4ccc5c(c4)CCO5)CC3)nc3ccccc32)cc1. The lowest BCUT2D eigenvalue weighted by atomic mass is 10.0. The van der Waals surface area contributed by atoms with E-state index in [1.165, 1.54) is 23.3 Å². The second-order valence-electron chi connectivity index (χ2n) is 9.37. The minimum Gasteiger partial charge on any atom is -0.493 e. The molecule has 0 bridgehead atoms. The summed E-state index contributed by atoms with van der Waals surface area (Å²) in [6.45, 7) is 4.57. The zero-order valence-electron chi connectivity index (χ0n) is 19.2. The maximum atomic E-state index is 13.4. The van der Waals surface area contributed by atoms with Crippen LogP contribution >= 0.6 is 0 Å². The monoisotopic (exact) mass is 456 g/mol. The van der Waals surface area contributed by atoms with Gasteiger partial charge in [0.1, 0.15) is 11.6 Å². The van der Waals surface area contributed by atoms with Crippen molar-refractivity contribution in [2.45, 2.75) is 38.4 Å². The molecule has 1 fully saturated rings. The van der Waals surface area contributed by atoms with Crippen molar-refractivity contribution in [2.75, 3.05) is 25.0 Å². The first-order chi connectivity index (χ1) is 16.7. The van der Waals surface area contributed by atoms with E-state index in [0.29, 0.717) is 12.6 Å². The second-order valence-corrected chi connectivity index (χ2v) is 9.37. The standard InChI is InChI=1S/C28H29FN4O/c29-23-8-5-20(6-9-23)19-33-26-4-2-1-3-25(26)31-28(33)30-24-11-14-32(15-12-24)18-21-7-10-27-22(17-21)13-16-34-27/h1-10,17,24H,11-16,18-19H2,(H,30,31). The van der Waals surface area contributed by atoms with Gasteiger partial charge in [-0.25, -0.2) is 9.37 Å². The molecule has 6 heteroatoms. The van der Waals surface area contributed by atoms with Crippen LogP contribution in [0.5, 0.6) is 5.75 Å². The molecule has 3 aromatic carbocycles. The third-order valence-corrected chi connectivity index (χ3v) is 6.99. The van der Waals surface area contributed by atoms with Crippen LogP contribution < -0.4 is 10.1 Å². The van der Waals surface area contributed by atoms with Gasteiger partial charge in [0.2, 0.25) is 5.95 Å². The number of anilines is 1. The highest BCUT2D eigenvalue weighted by molar-refractivity contribution is 5.78. The van der Waals surface area contributed by atoms with Gasteiger partial charge in [-0.3, -0.25) is 4.90 Å². The number of nitrogens with zero attached hydrogens (tertiary/aromatic N) is 3. The molecule has 2 aliphatic rings. The van der Waals surface area contributed by atoms with Crippen molar-refractivity contribution in [2.24, 2.45) is 0 Å². The number of imidazole rings is 1. The minimum atomic E-state index is -0.211. The molecule has 0 saturated carbocycles. The van der Waals surface area contributed by atoms with Crippen LogP contribution in [0.2, 0.25) is 0 Å². The van der Waals surface area contributed by atoms with Gasteiger partial charge in [0.25, 0.3) is 0 Å². The van der Waals surface area contributed by atoms with E-state index in [4.69, 9.17) is 9.72 Å². The molecule has 6 rings (SSSR count). The number of hydrogen-bond donors (Lipinski definition) is 1. The first kappa shape index (κ1) is 21.2. The molecular weight excluding hydrogens is 427 g/mol. The van der Waals surface area contributed by atoms with E-state index >= 15 is 0 Å². The number of ether oxygens (including phenoxy) is 1. The van der Waals surface area contributed by atoms with Crippen molar-refractivity contribution in [1.29, 1.82) is 0 Å². The van der Waals surface area contributed by atoms with Crippen LogP contribution in [0.25, 0.3) is 11.0 Å². The molecule has 0 radical (unpaired) electrons. The summed E-state index contributed by atoms with van der Waals surface area (Å²) in [5.41, 5.74) is 5.84. The highest BCUT2D eigenvalue weighted by Crippen LogP contribution is 2.28. The lowest BCUT2D eigenvalue weighted by molar-refractivity contribution is 0.211. The van der Waals surface area contributed by atoms with Gasteiger partial charge in [-0.2, -0.15) is 0 Å². The number of nitrogens with one attached hydrogen (secondary N) is 1. The molecule has 3 heterocycles. The predicted octanol–water partition coefficient (Wildman–Crippen LogP) is 5.24. The molecule has 1 aromatic heterocycles. The number of hydrogen-bond acceptors (Lipinski definition) is 4. The number of halogens is 1. The second kappa shape index (κ2) is 9.11. The summed E-state index contributed by atoms with van der Waals surface area (Å²) in [6, 6.07) is 21.9. The fourth-order valence-electron chi connectivity index (χ4n) is 5.13. The molecule has 0 atom stereocenters. The largest absolute Gasteiger partial charge is 0.493 e. The van der Waals surface area contributed by atoms with E-state index in [0.717, 1.165) is 73.8 Å². The van der Waals surface area contributed by atoms with E-state index in [1.54, 1.807) is 0 Å². The molecule has 34 heavy (non-hydrogen) atoms. The summed E-state index contributed by atoms with van der Waals surface area (Å²) < 4.78 is 21.2. The van der Waals surface area contributed by atoms with Crippen molar-refractivity contribution in [1.82, 2.24) is 14.5 Å². The molecule has 2 aliphatic heterocycles. The first-order valence-corrected chi connectivity index (χ1v) is 12.1.